The number of aliphatic hydroxyl groups is 1. The van der Waals surface area contributed by atoms with Gasteiger partial charge in [-0.15, -0.1) is 10.2 Å². The summed E-state index contributed by atoms with van der Waals surface area (Å²) in [5, 5.41) is 17.1. The van der Waals surface area contributed by atoms with Gasteiger partial charge in [0.25, 0.3) is 12.3 Å². The molecule has 33 heavy (non-hydrogen) atoms. The molecule has 1 aromatic heterocycles. The quantitative estimate of drug-likeness (QED) is 0.613. The first-order valence-corrected chi connectivity index (χ1v) is 10.4. The van der Waals surface area contributed by atoms with Crippen LogP contribution in [0.2, 0.25) is 0 Å². The Kier molecular flexibility index (Phi) is 5.21. The lowest BCUT2D eigenvalue weighted by Gasteiger charge is -2.43. The van der Waals surface area contributed by atoms with Crippen molar-refractivity contribution in [2.24, 2.45) is 7.05 Å². The van der Waals surface area contributed by atoms with Gasteiger partial charge in [0.2, 0.25) is 0 Å². The molecule has 2 aliphatic rings. The summed E-state index contributed by atoms with van der Waals surface area (Å²) in [5.74, 6) is -0.269. The molecule has 0 bridgehead atoms. The van der Waals surface area contributed by atoms with Crippen molar-refractivity contribution in [2.75, 3.05) is 18.1 Å². The monoisotopic (exact) mass is 458 g/mol. The van der Waals surface area contributed by atoms with E-state index >= 15 is 4.39 Å². The van der Waals surface area contributed by atoms with E-state index in [2.05, 4.69) is 10.2 Å². The third kappa shape index (κ3) is 3.32. The summed E-state index contributed by atoms with van der Waals surface area (Å²) in [6.45, 7) is -0.213. The molecule has 7 nitrogen and oxygen atoms in total. The Morgan fingerprint density at radius 2 is 2.00 bits per heavy atom. The fourth-order valence-corrected chi connectivity index (χ4v) is 4.53. The maximum absolute atomic E-state index is 15.7. The van der Waals surface area contributed by atoms with Gasteiger partial charge < -0.3 is 19.3 Å². The van der Waals surface area contributed by atoms with E-state index in [1.54, 1.807) is 31.3 Å². The molecular weight excluding hydrogens is 437 g/mol. The highest BCUT2D eigenvalue weighted by Gasteiger charge is 2.50. The summed E-state index contributed by atoms with van der Waals surface area (Å²) in [7, 11) is 1.66. The van der Waals surface area contributed by atoms with Crippen molar-refractivity contribution in [1.82, 2.24) is 14.8 Å². The zero-order valence-electron chi connectivity index (χ0n) is 17.7. The Labute approximate surface area is 187 Å². The Hall–Kier alpha value is -3.24. The molecule has 0 spiro atoms. The normalized spacial score (nSPS) is 17.9. The number of rotatable bonds is 6. The average molecular weight is 458 g/mol. The first-order valence-electron chi connectivity index (χ1n) is 10.4. The van der Waals surface area contributed by atoms with E-state index in [0.29, 0.717) is 11.3 Å². The largest absolute Gasteiger partial charge is 0.392 e. The Balaban J connectivity index is 1.52. The molecule has 1 amide bonds. The Morgan fingerprint density at radius 1 is 1.21 bits per heavy atom. The van der Waals surface area contributed by atoms with Crippen LogP contribution in [0, 0.1) is 0 Å². The van der Waals surface area contributed by atoms with Gasteiger partial charge >= 0.3 is 0 Å². The number of alkyl halides is 3. The maximum atomic E-state index is 15.7. The number of hydrogen-bond acceptors (Lipinski definition) is 5. The highest BCUT2D eigenvalue weighted by atomic mass is 19.3. The molecule has 3 heterocycles. The van der Waals surface area contributed by atoms with Gasteiger partial charge in [-0.05, 0) is 41.0 Å². The fourth-order valence-electron chi connectivity index (χ4n) is 4.53. The lowest BCUT2D eigenvalue weighted by atomic mass is 9.74. The molecule has 0 aliphatic carbocycles. The number of halogens is 3. The van der Waals surface area contributed by atoms with E-state index in [1.807, 2.05) is 0 Å². The molecule has 1 fully saturated rings. The zero-order chi connectivity index (χ0) is 23.3. The maximum Gasteiger partial charge on any atom is 0.264 e. The lowest BCUT2D eigenvalue weighted by Crippen LogP contribution is -2.50. The van der Waals surface area contributed by atoms with Gasteiger partial charge in [-0.1, -0.05) is 12.1 Å². The highest BCUT2D eigenvalue weighted by Crippen LogP contribution is 2.46. The lowest BCUT2D eigenvalue weighted by molar-refractivity contribution is -0.102. The highest BCUT2D eigenvalue weighted by molar-refractivity contribution is 6.10. The van der Waals surface area contributed by atoms with E-state index in [0.717, 1.165) is 0 Å². The topological polar surface area (TPSA) is 80.5 Å². The van der Waals surface area contributed by atoms with Gasteiger partial charge in [0.05, 0.1) is 31.8 Å². The van der Waals surface area contributed by atoms with Crippen LogP contribution in [0.25, 0.3) is 0 Å². The molecule has 2 aromatic carbocycles. The fraction of sp³-hybridized carbons (Fsp3) is 0.348. The summed E-state index contributed by atoms with van der Waals surface area (Å²) in [6, 6.07) is 9.52. The van der Waals surface area contributed by atoms with Crippen LogP contribution < -0.4 is 4.90 Å². The van der Waals surface area contributed by atoms with Gasteiger partial charge in [-0.3, -0.25) is 4.79 Å². The standard InChI is InChI=1S/C23H21F3N4O3/c1-29-12-27-28-21(29)19(24)23(10-33-11-23)14-3-2-4-15(7-14)30-8-18-16(20(25)26)5-13(9-31)6-17(18)22(30)32/h2-7,12,19-20,31H,8-11H2,1H3/t19-/m0/s1. The van der Waals surface area contributed by atoms with Gasteiger partial charge in [-0.2, -0.15) is 0 Å². The van der Waals surface area contributed by atoms with Gasteiger partial charge in [0, 0.05) is 23.9 Å². The number of amides is 1. The van der Waals surface area contributed by atoms with E-state index in [4.69, 9.17) is 4.74 Å². The number of aromatic nitrogens is 3. The van der Waals surface area contributed by atoms with E-state index in [1.165, 1.54) is 27.9 Å². The van der Waals surface area contributed by atoms with Gasteiger partial charge in [-0.25, -0.2) is 13.2 Å². The van der Waals surface area contributed by atoms with Crippen LogP contribution >= 0.6 is 0 Å². The number of hydrogen-bond donors (Lipinski definition) is 1. The molecule has 1 N–H and O–H groups in total. The first kappa shape index (κ1) is 21.6. The van der Waals surface area contributed by atoms with Crippen molar-refractivity contribution in [2.45, 2.75) is 31.2 Å². The molecule has 10 heteroatoms. The molecule has 172 valence electrons. The van der Waals surface area contributed by atoms with Crippen LogP contribution in [0.3, 0.4) is 0 Å². The van der Waals surface area contributed by atoms with E-state index < -0.39 is 30.5 Å². The Morgan fingerprint density at radius 3 is 2.61 bits per heavy atom. The number of ether oxygens (including phenoxy) is 1. The summed E-state index contributed by atoms with van der Waals surface area (Å²) in [5.41, 5.74) is 0.464. The molecule has 0 radical (unpaired) electrons. The molecule has 1 atom stereocenters. The van der Waals surface area contributed by atoms with Crippen LogP contribution in [0.5, 0.6) is 0 Å². The number of aryl methyl sites for hydroxylation is 1. The van der Waals surface area contributed by atoms with Crippen molar-refractivity contribution in [3.8, 4) is 0 Å². The number of nitrogens with zero attached hydrogens (tertiary/aromatic N) is 4. The number of carbonyl (C=O) groups excluding carboxylic acids is 1. The zero-order valence-corrected chi connectivity index (χ0v) is 17.7. The first-order chi connectivity index (χ1) is 15.9. The smallest absolute Gasteiger partial charge is 0.264 e. The van der Waals surface area contributed by atoms with Crippen molar-refractivity contribution < 1.29 is 27.8 Å². The van der Waals surface area contributed by atoms with Crippen molar-refractivity contribution >= 4 is 11.6 Å². The molecule has 0 unspecified atom stereocenters. The van der Waals surface area contributed by atoms with Crippen LogP contribution in [0.15, 0.2) is 42.7 Å². The second kappa shape index (κ2) is 7.96. The summed E-state index contributed by atoms with van der Waals surface area (Å²) >= 11 is 0. The van der Waals surface area contributed by atoms with Gasteiger partial charge in [0.1, 0.15) is 6.33 Å². The molecule has 1 saturated heterocycles. The second-order valence-electron chi connectivity index (χ2n) is 8.42. The minimum atomic E-state index is -2.78. The number of carbonyl (C=O) groups is 1. The van der Waals surface area contributed by atoms with Crippen molar-refractivity contribution in [1.29, 1.82) is 0 Å². The molecular formula is C23H21F3N4O3. The average Bonchev–Trinajstić information content (AvgIpc) is 3.35. The van der Waals surface area contributed by atoms with Crippen LogP contribution in [0.4, 0.5) is 18.9 Å². The molecule has 0 saturated carbocycles. The number of fused-ring (bicyclic) bond motifs is 1. The molecule has 2 aliphatic heterocycles. The van der Waals surface area contributed by atoms with Crippen molar-refractivity contribution in [3.63, 3.8) is 0 Å². The van der Waals surface area contributed by atoms with E-state index in [9.17, 15) is 18.7 Å². The summed E-state index contributed by atoms with van der Waals surface area (Å²) in [6.07, 6.45) is -2.84. The predicted molar refractivity (Wildman–Crippen MR) is 112 cm³/mol. The summed E-state index contributed by atoms with van der Waals surface area (Å²) < 4.78 is 49.8. The van der Waals surface area contributed by atoms with Crippen molar-refractivity contribution in [3.05, 3.63) is 76.4 Å². The van der Waals surface area contributed by atoms with Gasteiger partial charge in [0.15, 0.2) is 12.0 Å². The minimum Gasteiger partial charge on any atom is -0.392 e. The number of aliphatic hydroxyl groups excluding tert-OH is 1. The van der Waals surface area contributed by atoms with Crippen LogP contribution in [0.1, 0.15) is 51.0 Å². The third-order valence-corrected chi connectivity index (χ3v) is 6.46. The third-order valence-electron chi connectivity index (χ3n) is 6.46. The van der Waals surface area contributed by atoms with Crippen LogP contribution in [-0.4, -0.2) is 39.0 Å². The SMILES string of the molecule is Cn1cnnc1[C@H](F)C1(c2cccc(N3Cc4c(cc(CO)cc4C(F)F)C3=O)c2)COC1. The molecule has 3 aromatic rings. The summed E-state index contributed by atoms with van der Waals surface area (Å²) in [4.78, 5) is 14.5. The Bertz CT molecular complexity index is 1230. The minimum absolute atomic E-state index is 0.0329. The number of anilines is 1. The second-order valence-corrected chi connectivity index (χ2v) is 8.42. The molecule has 5 rings (SSSR count). The predicted octanol–water partition coefficient (Wildman–Crippen LogP) is 3.38. The van der Waals surface area contributed by atoms with Crippen LogP contribution in [-0.2, 0) is 30.4 Å². The number of benzene rings is 2. The van der Waals surface area contributed by atoms with E-state index in [-0.39, 0.29) is 47.8 Å².